The van der Waals surface area contributed by atoms with Gasteiger partial charge in [-0.2, -0.15) is 0 Å². The molecule has 0 bridgehead atoms. The molecule has 4 heteroatoms. The summed E-state index contributed by atoms with van der Waals surface area (Å²) in [5.41, 5.74) is 0.0807. The highest BCUT2D eigenvalue weighted by Crippen LogP contribution is 2.30. The molecule has 1 aromatic rings. The number of amides is 1. The molecule has 2 rings (SSSR count). The number of nitrogens with zero attached hydrogens (tertiary/aromatic N) is 1. The molecule has 1 aliphatic heterocycles. The van der Waals surface area contributed by atoms with Crippen molar-refractivity contribution < 1.29 is 14.7 Å². The maximum Gasteiger partial charge on any atom is 0.309 e. The molecule has 0 atom stereocenters. The normalized spacial score (nSPS) is 16.9. The molecule has 104 valence electrons. The van der Waals surface area contributed by atoms with Crippen LogP contribution in [-0.2, 0) is 9.59 Å². The van der Waals surface area contributed by atoms with Crippen LogP contribution in [0.25, 0.3) is 0 Å². The van der Waals surface area contributed by atoms with Gasteiger partial charge in [-0.25, -0.2) is 0 Å². The van der Waals surface area contributed by atoms with Crippen LogP contribution in [0, 0.1) is 17.3 Å². The third kappa shape index (κ3) is 3.18. The molecule has 0 aliphatic carbocycles. The van der Waals surface area contributed by atoms with Crippen LogP contribution in [0.2, 0.25) is 0 Å². The molecule has 0 spiro atoms. The first-order valence-electron chi connectivity index (χ1n) is 6.61. The van der Waals surface area contributed by atoms with Crippen LogP contribution in [0.5, 0.6) is 0 Å². The van der Waals surface area contributed by atoms with Crippen LogP contribution in [0.15, 0.2) is 30.3 Å². The second kappa shape index (κ2) is 5.79. The number of carbonyl (C=O) groups excluding carboxylic acids is 1. The van der Waals surface area contributed by atoms with E-state index >= 15 is 0 Å². The van der Waals surface area contributed by atoms with Crippen molar-refractivity contribution >= 4 is 11.9 Å². The molecule has 1 aromatic carbocycles. The summed E-state index contributed by atoms with van der Waals surface area (Å²) in [6.45, 7) is 2.63. The zero-order valence-electron chi connectivity index (χ0n) is 11.4. The Kier molecular flexibility index (Phi) is 4.09. The van der Waals surface area contributed by atoms with Crippen LogP contribution in [0.3, 0.4) is 0 Å². The van der Waals surface area contributed by atoms with E-state index in [1.54, 1.807) is 11.8 Å². The second-order valence-electron chi connectivity index (χ2n) is 5.27. The Bertz CT molecular complexity index is 560. The van der Waals surface area contributed by atoms with Gasteiger partial charge in [-0.1, -0.05) is 24.1 Å². The third-order valence-electron chi connectivity index (χ3n) is 3.76. The van der Waals surface area contributed by atoms with Crippen molar-refractivity contribution in [3.05, 3.63) is 35.9 Å². The number of carboxylic acids is 1. The topological polar surface area (TPSA) is 57.6 Å². The van der Waals surface area contributed by atoms with Gasteiger partial charge in [-0.3, -0.25) is 9.59 Å². The van der Waals surface area contributed by atoms with E-state index in [9.17, 15) is 9.59 Å². The minimum Gasteiger partial charge on any atom is -0.481 e. The third-order valence-corrected chi connectivity index (χ3v) is 3.76. The summed E-state index contributed by atoms with van der Waals surface area (Å²) in [4.78, 5) is 24.7. The Morgan fingerprint density at radius 1 is 1.20 bits per heavy atom. The van der Waals surface area contributed by atoms with E-state index < -0.39 is 11.4 Å². The number of benzene rings is 1. The van der Waals surface area contributed by atoms with Gasteiger partial charge >= 0.3 is 5.97 Å². The Balaban J connectivity index is 1.96. The molecule has 1 fully saturated rings. The molecule has 20 heavy (non-hydrogen) atoms. The second-order valence-corrected chi connectivity index (χ2v) is 5.27. The highest BCUT2D eigenvalue weighted by Gasteiger charge is 2.37. The largest absolute Gasteiger partial charge is 0.481 e. The average Bonchev–Trinajstić information content (AvgIpc) is 2.46. The first-order chi connectivity index (χ1) is 9.51. The van der Waals surface area contributed by atoms with Gasteiger partial charge in [0.05, 0.1) is 5.41 Å². The lowest BCUT2D eigenvalue weighted by Crippen LogP contribution is -2.44. The van der Waals surface area contributed by atoms with E-state index in [0.717, 1.165) is 5.56 Å². The van der Waals surface area contributed by atoms with Gasteiger partial charge in [-0.05, 0) is 31.9 Å². The molecule has 1 amide bonds. The Morgan fingerprint density at radius 2 is 1.80 bits per heavy atom. The summed E-state index contributed by atoms with van der Waals surface area (Å²) in [5.74, 6) is 4.42. The van der Waals surface area contributed by atoms with Crippen molar-refractivity contribution in [1.29, 1.82) is 0 Å². The Morgan fingerprint density at radius 3 is 2.35 bits per heavy atom. The summed E-state index contributed by atoms with van der Waals surface area (Å²) in [7, 11) is 0. The molecular weight excluding hydrogens is 254 g/mol. The maximum absolute atomic E-state index is 12.0. The van der Waals surface area contributed by atoms with Crippen molar-refractivity contribution in [2.24, 2.45) is 5.41 Å². The lowest BCUT2D eigenvalue weighted by molar-refractivity contribution is -0.152. The quantitative estimate of drug-likeness (QED) is 0.792. The van der Waals surface area contributed by atoms with Gasteiger partial charge in [-0.15, -0.1) is 0 Å². The van der Waals surface area contributed by atoms with Crippen LogP contribution < -0.4 is 0 Å². The number of carbonyl (C=O) groups is 2. The number of likely N-dealkylation sites (tertiary alicyclic amines) is 1. The summed E-state index contributed by atoms with van der Waals surface area (Å²) in [5, 5.41) is 9.14. The standard InChI is InChI=1S/C16H17NO3/c1-16(15(19)20)9-11-17(12-10-16)14(18)8-7-13-5-3-2-4-6-13/h2-6H,9-12H2,1H3,(H,19,20). The predicted molar refractivity (Wildman–Crippen MR) is 74.9 cm³/mol. The molecule has 1 aliphatic rings. The molecule has 0 unspecified atom stereocenters. The number of aliphatic carboxylic acids is 1. The van der Waals surface area contributed by atoms with E-state index in [-0.39, 0.29) is 5.91 Å². The summed E-state index contributed by atoms with van der Waals surface area (Å²) in [6.07, 6.45) is 0.947. The molecular formula is C16H17NO3. The number of hydrogen-bond acceptors (Lipinski definition) is 2. The summed E-state index contributed by atoms with van der Waals surface area (Å²) in [6, 6.07) is 9.32. The fourth-order valence-electron chi connectivity index (χ4n) is 2.14. The average molecular weight is 271 g/mol. The van der Waals surface area contributed by atoms with E-state index in [1.807, 2.05) is 30.3 Å². The minimum atomic E-state index is -0.792. The lowest BCUT2D eigenvalue weighted by atomic mass is 9.80. The maximum atomic E-state index is 12.0. The number of rotatable bonds is 1. The number of carboxylic acid groups (broad SMARTS) is 1. The summed E-state index contributed by atoms with van der Waals surface area (Å²) < 4.78 is 0. The first-order valence-corrected chi connectivity index (χ1v) is 6.61. The van der Waals surface area contributed by atoms with Gasteiger partial charge in [0.1, 0.15) is 0 Å². The zero-order valence-corrected chi connectivity index (χ0v) is 11.4. The van der Waals surface area contributed by atoms with Crippen LogP contribution in [0.4, 0.5) is 0 Å². The van der Waals surface area contributed by atoms with E-state index in [1.165, 1.54) is 0 Å². The minimum absolute atomic E-state index is 0.235. The summed E-state index contributed by atoms with van der Waals surface area (Å²) >= 11 is 0. The van der Waals surface area contributed by atoms with Crippen molar-refractivity contribution in [1.82, 2.24) is 4.90 Å². The van der Waals surface area contributed by atoms with Gasteiger partial charge in [0, 0.05) is 24.6 Å². The predicted octanol–water partition coefficient (Wildman–Crippen LogP) is 1.75. The molecule has 0 saturated carbocycles. The zero-order chi connectivity index (χ0) is 14.6. The molecule has 4 nitrogen and oxygen atoms in total. The molecule has 1 heterocycles. The lowest BCUT2D eigenvalue weighted by Gasteiger charge is -2.35. The van der Waals surface area contributed by atoms with Crippen molar-refractivity contribution in [3.8, 4) is 11.8 Å². The van der Waals surface area contributed by atoms with Gasteiger partial charge in [0.2, 0.25) is 0 Å². The van der Waals surface area contributed by atoms with E-state index in [4.69, 9.17) is 5.11 Å². The number of piperidine rings is 1. The van der Waals surface area contributed by atoms with Crippen molar-refractivity contribution in [3.63, 3.8) is 0 Å². The van der Waals surface area contributed by atoms with Crippen LogP contribution in [0.1, 0.15) is 25.3 Å². The van der Waals surface area contributed by atoms with E-state index in [0.29, 0.717) is 25.9 Å². The number of hydrogen-bond donors (Lipinski definition) is 1. The van der Waals surface area contributed by atoms with Crippen molar-refractivity contribution in [2.45, 2.75) is 19.8 Å². The Labute approximate surface area is 118 Å². The highest BCUT2D eigenvalue weighted by molar-refractivity contribution is 5.94. The Hall–Kier alpha value is -2.28. The van der Waals surface area contributed by atoms with Gasteiger partial charge < -0.3 is 10.0 Å². The molecule has 1 N–H and O–H groups in total. The van der Waals surface area contributed by atoms with Crippen LogP contribution in [-0.4, -0.2) is 35.0 Å². The van der Waals surface area contributed by atoms with Crippen molar-refractivity contribution in [2.75, 3.05) is 13.1 Å². The fourth-order valence-corrected chi connectivity index (χ4v) is 2.14. The first kappa shape index (κ1) is 14.1. The molecule has 0 radical (unpaired) electrons. The fraction of sp³-hybridized carbons (Fsp3) is 0.375. The molecule has 1 saturated heterocycles. The monoisotopic (exact) mass is 271 g/mol. The SMILES string of the molecule is CC1(C(=O)O)CCN(C(=O)C#Cc2ccccc2)CC1. The molecule has 0 aromatic heterocycles. The smallest absolute Gasteiger partial charge is 0.309 e. The highest BCUT2D eigenvalue weighted by atomic mass is 16.4. The van der Waals surface area contributed by atoms with Gasteiger partial charge in [0.25, 0.3) is 5.91 Å². The van der Waals surface area contributed by atoms with Gasteiger partial charge in [0.15, 0.2) is 0 Å². The van der Waals surface area contributed by atoms with E-state index in [2.05, 4.69) is 11.8 Å². The van der Waals surface area contributed by atoms with Crippen LogP contribution >= 0.6 is 0 Å².